The topological polar surface area (TPSA) is 40.9 Å². The Kier molecular flexibility index (Phi) is 3.76. The first-order valence-electron chi connectivity index (χ1n) is 5.47. The normalized spacial score (nSPS) is 9.78. The van der Waals surface area contributed by atoms with Gasteiger partial charge in [-0.2, -0.15) is 5.26 Å². The number of nitriles is 1. The van der Waals surface area contributed by atoms with Crippen molar-refractivity contribution in [3.63, 3.8) is 0 Å². The van der Waals surface area contributed by atoms with Crippen molar-refractivity contribution in [2.24, 2.45) is 0 Å². The van der Waals surface area contributed by atoms with Crippen molar-refractivity contribution in [2.75, 3.05) is 0 Å². The molecule has 2 rings (SSSR count). The number of halogens is 1. The molecule has 2 aromatic rings. The van der Waals surface area contributed by atoms with E-state index in [1.807, 2.05) is 6.07 Å². The molecule has 0 amide bonds. The molecule has 0 radical (unpaired) electrons. The number of hydrogen-bond acceptors (Lipinski definition) is 2. The molecule has 0 fully saturated rings. The Morgan fingerprint density at radius 1 is 1.17 bits per heavy atom. The van der Waals surface area contributed by atoms with Crippen molar-refractivity contribution in [3.8, 4) is 6.07 Å². The average molecular weight is 256 g/mol. The van der Waals surface area contributed by atoms with Gasteiger partial charge >= 0.3 is 0 Å². The van der Waals surface area contributed by atoms with Crippen LogP contribution >= 0.6 is 11.6 Å². The fraction of sp³-hybridized carbons (Fsp3) is 0.0667. The molecule has 0 heterocycles. The molecule has 2 aromatic carbocycles. The van der Waals surface area contributed by atoms with Gasteiger partial charge in [-0.25, -0.2) is 0 Å². The summed E-state index contributed by atoms with van der Waals surface area (Å²) in [5, 5.41) is 9.08. The van der Waals surface area contributed by atoms with Crippen LogP contribution in [-0.2, 0) is 6.42 Å². The van der Waals surface area contributed by atoms with Gasteiger partial charge in [0.2, 0.25) is 0 Å². The van der Waals surface area contributed by atoms with E-state index in [4.69, 9.17) is 16.9 Å². The second-order valence-electron chi connectivity index (χ2n) is 3.84. The molecule has 0 aromatic heterocycles. The molecule has 0 bridgehead atoms. The zero-order valence-electron chi connectivity index (χ0n) is 9.56. The summed E-state index contributed by atoms with van der Waals surface area (Å²) in [7, 11) is 0. The van der Waals surface area contributed by atoms with Gasteiger partial charge in [0.25, 0.3) is 0 Å². The van der Waals surface area contributed by atoms with Crippen molar-refractivity contribution in [1.29, 1.82) is 5.26 Å². The molecule has 0 saturated carbocycles. The summed E-state index contributed by atoms with van der Waals surface area (Å²) in [6, 6.07) is 16.1. The molecule has 0 aliphatic carbocycles. The minimum absolute atomic E-state index is 0.125. The van der Waals surface area contributed by atoms with Gasteiger partial charge < -0.3 is 0 Å². The lowest BCUT2D eigenvalue weighted by Crippen LogP contribution is -2.02. The van der Waals surface area contributed by atoms with Crippen LogP contribution < -0.4 is 0 Å². The first kappa shape index (κ1) is 12.3. The molecule has 0 spiro atoms. The average Bonchev–Trinajstić information content (AvgIpc) is 2.41. The number of nitrogens with zero attached hydrogens (tertiary/aromatic N) is 1. The van der Waals surface area contributed by atoms with Gasteiger partial charge in [0.1, 0.15) is 0 Å². The lowest BCUT2D eigenvalue weighted by atomic mass is 10.0. The van der Waals surface area contributed by atoms with Crippen LogP contribution in [0.15, 0.2) is 48.5 Å². The van der Waals surface area contributed by atoms with Crippen LogP contribution in [-0.4, -0.2) is 5.78 Å². The quantitative estimate of drug-likeness (QED) is 0.786. The van der Waals surface area contributed by atoms with Gasteiger partial charge in [0, 0.05) is 11.1 Å². The molecule has 0 unspecified atom stereocenters. The number of carbonyl (C=O) groups excluding carboxylic acids is 1. The Hall–Kier alpha value is -2.11. The van der Waals surface area contributed by atoms with Gasteiger partial charge in [0.05, 0.1) is 17.5 Å². The third-order valence-electron chi connectivity index (χ3n) is 2.59. The summed E-state index contributed by atoms with van der Waals surface area (Å²) >= 11 is 6.04. The summed E-state index contributed by atoms with van der Waals surface area (Å²) in [4.78, 5) is 12.3. The highest BCUT2D eigenvalue weighted by atomic mass is 35.5. The van der Waals surface area contributed by atoms with E-state index in [2.05, 4.69) is 6.07 Å². The summed E-state index contributed by atoms with van der Waals surface area (Å²) < 4.78 is 0. The van der Waals surface area contributed by atoms with Crippen LogP contribution in [0.5, 0.6) is 0 Å². The third-order valence-corrected chi connectivity index (χ3v) is 2.92. The van der Waals surface area contributed by atoms with Gasteiger partial charge in [-0.05, 0) is 17.7 Å². The van der Waals surface area contributed by atoms with E-state index in [0.29, 0.717) is 16.1 Å². The lowest BCUT2D eigenvalue weighted by molar-refractivity contribution is 0.103. The Labute approximate surface area is 110 Å². The molecule has 88 valence electrons. The number of ketones is 1. The van der Waals surface area contributed by atoms with E-state index in [1.54, 1.807) is 42.5 Å². The molecular formula is C15H10ClNO. The van der Waals surface area contributed by atoms with Gasteiger partial charge in [-0.15, -0.1) is 0 Å². The maximum atomic E-state index is 12.3. The molecule has 0 atom stereocenters. The highest BCUT2D eigenvalue weighted by Crippen LogP contribution is 2.21. The van der Waals surface area contributed by atoms with Gasteiger partial charge in [-0.3, -0.25) is 4.79 Å². The Morgan fingerprint density at radius 2 is 1.89 bits per heavy atom. The maximum absolute atomic E-state index is 12.3. The zero-order chi connectivity index (χ0) is 13.0. The second kappa shape index (κ2) is 5.48. The minimum Gasteiger partial charge on any atom is -0.289 e. The first-order valence-corrected chi connectivity index (χ1v) is 5.85. The van der Waals surface area contributed by atoms with Gasteiger partial charge in [0.15, 0.2) is 5.78 Å². The number of benzene rings is 2. The second-order valence-corrected chi connectivity index (χ2v) is 4.25. The Bertz CT molecular complexity index is 614. The molecule has 2 nitrogen and oxygen atoms in total. The molecule has 0 aliphatic heterocycles. The van der Waals surface area contributed by atoms with Crippen molar-refractivity contribution in [1.82, 2.24) is 0 Å². The van der Waals surface area contributed by atoms with Crippen molar-refractivity contribution < 1.29 is 4.79 Å². The summed E-state index contributed by atoms with van der Waals surface area (Å²) in [6.07, 6.45) is 0.270. The Morgan fingerprint density at radius 3 is 2.56 bits per heavy atom. The standard InChI is InChI=1S/C15H10ClNO/c16-14-7-6-11(8-9-17)10-13(14)15(18)12-4-2-1-3-5-12/h1-7,10H,8H2. The van der Waals surface area contributed by atoms with Crippen molar-refractivity contribution in [2.45, 2.75) is 6.42 Å². The fourth-order valence-electron chi connectivity index (χ4n) is 1.69. The lowest BCUT2D eigenvalue weighted by Gasteiger charge is -2.05. The number of carbonyl (C=O) groups is 1. The number of hydrogen-bond donors (Lipinski definition) is 0. The Balaban J connectivity index is 2.42. The van der Waals surface area contributed by atoms with Crippen LogP contribution in [0.4, 0.5) is 0 Å². The largest absolute Gasteiger partial charge is 0.289 e. The van der Waals surface area contributed by atoms with E-state index < -0.39 is 0 Å². The molecule has 0 N–H and O–H groups in total. The van der Waals surface area contributed by atoms with E-state index in [9.17, 15) is 4.79 Å². The summed E-state index contributed by atoms with van der Waals surface area (Å²) in [5.41, 5.74) is 1.82. The van der Waals surface area contributed by atoms with E-state index in [-0.39, 0.29) is 12.2 Å². The smallest absolute Gasteiger partial charge is 0.194 e. The fourth-order valence-corrected chi connectivity index (χ4v) is 1.90. The van der Waals surface area contributed by atoms with E-state index in [0.717, 1.165) is 5.56 Å². The molecule has 18 heavy (non-hydrogen) atoms. The summed E-state index contributed by atoms with van der Waals surface area (Å²) in [5.74, 6) is -0.125. The van der Waals surface area contributed by atoms with Crippen LogP contribution in [0, 0.1) is 11.3 Å². The van der Waals surface area contributed by atoms with Crippen LogP contribution in [0.2, 0.25) is 5.02 Å². The molecule has 0 saturated heterocycles. The third kappa shape index (κ3) is 2.58. The monoisotopic (exact) mass is 255 g/mol. The maximum Gasteiger partial charge on any atom is 0.194 e. The summed E-state index contributed by atoms with van der Waals surface area (Å²) in [6.45, 7) is 0. The van der Waals surface area contributed by atoms with Gasteiger partial charge in [-0.1, -0.05) is 48.0 Å². The van der Waals surface area contributed by atoms with E-state index in [1.165, 1.54) is 0 Å². The van der Waals surface area contributed by atoms with Crippen LogP contribution in [0.25, 0.3) is 0 Å². The zero-order valence-corrected chi connectivity index (χ0v) is 10.3. The molecular weight excluding hydrogens is 246 g/mol. The SMILES string of the molecule is N#CCc1ccc(Cl)c(C(=O)c2ccccc2)c1. The number of rotatable bonds is 3. The first-order chi connectivity index (χ1) is 8.72. The van der Waals surface area contributed by atoms with Crippen LogP contribution in [0.1, 0.15) is 21.5 Å². The highest BCUT2D eigenvalue weighted by Gasteiger charge is 2.13. The predicted octanol–water partition coefficient (Wildman–Crippen LogP) is 3.64. The van der Waals surface area contributed by atoms with Crippen molar-refractivity contribution in [3.05, 3.63) is 70.2 Å². The molecule has 3 heteroatoms. The molecule has 0 aliphatic rings. The van der Waals surface area contributed by atoms with Crippen LogP contribution in [0.3, 0.4) is 0 Å². The predicted molar refractivity (Wildman–Crippen MR) is 70.6 cm³/mol. The van der Waals surface area contributed by atoms with E-state index >= 15 is 0 Å². The van der Waals surface area contributed by atoms with Crippen molar-refractivity contribution >= 4 is 17.4 Å². The highest BCUT2D eigenvalue weighted by molar-refractivity contribution is 6.35. The minimum atomic E-state index is -0.125.